The van der Waals surface area contributed by atoms with Crippen LogP contribution in [0.4, 0.5) is 5.69 Å². The molecule has 0 unspecified atom stereocenters. The minimum Gasteiger partial charge on any atom is -0.485 e. The van der Waals surface area contributed by atoms with E-state index in [9.17, 15) is 0 Å². The van der Waals surface area contributed by atoms with Gasteiger partial charge in [-0.2, -0.15) is 0 Å². The highest BCUT2D eigenvalue weighted by molar-refractivity contribution is 6.32. The Morgan fingerprint density at radius 3 is 2.65 bits per heavy atom. The first-order valence-electron chi connectivity index (χ1n) is 5.39. The summed E-state index contributed by atoms with van der Waals surface area (Å²) < 4.78 is 5.65. The number of hydrogen-bond acceptors (Lipinski definition) is 2. The van der Waals surface area contributed by atoms with Crippen LogP contribution in [-0.2, 0) is 6.61 Å². The molecule has 0 heterocycles. The van der Waals surface area contributed by atoms with Crippen molar-refractivity contribution >= 4 is 17.3 Å². The number of para-hydroxylation sites is 1. The summed E-state index contributed by atoms with van der Waals surface area (Å²) in [6, 6.07) is 13.5. The van der Waals surface area contributed by atoms with Gasteiger partial charge in [0.15, 0.2) is 5.75 Å². The number of benzene rings is 2. The van der Waals surface area contributed by atoms with Crippen molar-refractivity contribution in [3.05, 3.63) is 58.6 Å². The molecule has 0 saturated carbocycles. The zero-order valence-corrected chi connectivity index (χ0v) is 10.4. The Morgan fingerprint density at radius 2 is 1.94 bits per heavy atom. The van der Waals surface area contributed by atoms with Gasteiger partial charge in [0, 0.05) is 0 Å². The van der Waals surface area contributed by atoms with E-state index in [4.69, 9.17) is 22.1 Å². The molecule has 2 aromatic rings. The van der Waals surface area contributed by atoms with Gasteiger partial charge in [-0.1, -0.05) is 47.5 Å². The molecule has 0 spiro atoms. The zero-order chi connectivity index (χ0) is 12.3. The average molecular weight is 248 g/mol. The summed E-state index contributed by atoms with van der Waals surface area (Å²) >= 11 is 6.02. The number of hydrogen-bond donors (Lipinski definition) is 1. The number of anilines is 1. The van der Waals surface area contributed by atoms with Crippen molar-refractivity contribution in [2.24, 2.45) is 0 Å². The Hall–Kier alpha value is -1.67. The smallest absolute Gasteiger partial charge is 0.161 e. The fourth-order valence-corrected chi connectivity index (χ4v) is 1.87. The van der Waals surface area contributed by atoms with Crippen molar-refractivity contribution in [2.45, 2.75) is 13.5 Å². The van der Waals surface area contributed by atoms with Crippen LogP contribution in [0.5, 0.6) is 5.75 Å². The van der Waals surface area contributed by atoms with E-state index in [0.717, 1.165) is 5.56 Å². The first-order valence-corrected chi connectivity index (χ1v) is 5.77. The van der Waals surface area contributed by atoms with E-state index in [1.54, 1.807) is 18.2 Å². The molecule has 0 aliphatic rings. The largest absolute Gasteiger partial charge is 0.485 e. The lowest BCUT2D eigenvalue weighted by Crippen LogP contribution is -1.99. The molecule has 0 radical (unpaired) electrons. The number of rotatable bonds is 3. The molecule has 17 heavy (non-hydrogen) atoms. The lowest BCUT2D eigenvalue weighted by Gasteiger charge is -2.10. The number of nitrogens with two attached hydrogens (primary N) is 1. The van der Waals surface area contributed by atoms with Crippen molar-refractivity contribution in [1.82, 2.24) is 0 Å². The van der Waals surface area contributed by atoms with E-state index in [2.05, 4.69) is 6.07 Å². The fraction of sp³-hybridized carbons (Fsp3) is 0.143. The van der Waals surface area contributed by atoms with E-state index in [0.29, 0.717) is 23.1 Å². The number of aryl methyl sites for hydroxylation is 1. The van der Waals surface area contributed by atoms with Crippen molar-refractivity contribution in [2.75, 3.05) is 5.73 Å². The predicted molar refractivity (Wildman–Crippen MR) is 71.4 cm³/mol. The third kappa shape index (κ3) is 2.92. The fourth-order valence-electron chi connectivity index (χ4n) is 1.64. The molecule has 0 fully saturated rings. The van der Waals surface area contributed by atoms with Gasteiger partial charge in [0.2, 0.25) is 0 Å². The highest BCUT2D eigenvalue weighted by atomic mass is 35.5. The maximum Gasteiger partial charge on any atom is 0.161 e. The number of nitrogen functional groups attached to an aromatic ring is 1. The Balaban J connectivity index is 2.13. The van der Waals surface area contributed by atoms with Crippen LogP contribution in [0.2, 0.25) is 5.02 Å². The van der Waals surface area contributed by atoms with Crippen molar-refractivity contribution in [1.29, 1.82) is 0 Å². The minimum atomic E-state index is 0.468. The van der Waals surface area contributed by atoms with Crippen molar-refractivity contribution in [3.8, 4) is 5.75 Å². The molecule has 0 aliphatic carbocycles. The Kier molecular flexibility index (Phi) is 3.55. The summed E-state index contributed by atoms with van der Waals surface area (Å²) in [5.41, 5.74) is 8.67. The van der Waals surface area contributed by atoms with Gasteiger partial charge in [-0.25, -0.2) is 0 Å². The van der Waals surface area contributed by atoms with Crippen LogP contribution < -0.4 is 10.5 Å². The summed E-state index contributed by atoms with van der Waals surface area (Å²) in [6.45, 7) is 2.52. The van der Waals surface area contributed by atoms with Gasteiger partial charge in [-0.05, 0) is 24.6 Å². The van der Waals surface area contributed by atoms with Crippen molar-refractivity contribution < 1.29 is 4.74 Å². The molecule has 2 nitrogen and oxygen atoms in total. The average Bonchev–Trinajstić information content (AvgIpc) is 2.28. The Morgan fingerprint density at radius 1 is 1.18 bits per heavy atom. The summed E-state index contributed by atoms with van der Waals surface area (Å²) in [4.78, 5) is 0. The molecule has 2 N–H and O–H groups in total. The first-order chi connectivity index (χ1) is 8.16. The monoisotopic (exact) mass is 247 g/mol. The second kappa shape index (κ2) is 5.11. The van der Waals surface area contributed by atoms with Crippen LogP contribution in [0, 0.1) is 6.92 Å². The third-order valence-corrected chi connectivity index (χ3v) is 2.76. The van der Waals surface area contributed by atoms with Crippen LogP contribution >= 0.6 is 11.6 Å². The second-order valence-corrected chi connectivity index (χ2v) is 4.34. The molecule has 0 atom stereocenters. The molecule has 2 aromatic carbocycles. The SMILES string of the molecule is Cc1cccc(COc2c(N)cccc2Cl)c1. The number of ether oxygens (including phenoxy) is 1. The van der Waals surface area contributed by atoms with Crippen LogP contribution in [0.1, 0.15) is 11.1 Å². The summed E-state index contributed by atoms with van der Waals surface area (Å²) in [5.74, 6) is 0.552. The quantitative estimate of drug-likeness (QED) is 0.837. The van der Waals surface area contributed by atoms with Gasteiger partial charge < -0.3 is 10.5 Å². The molecular weight excluding hydrogens is 234 g/mol. The molecule has 0 aromatic heterocycles. The molecule has 3 heteroatoms. The molecule has 0 saturated heterocycles. The molecular formula is C14H14ClNO. The summed E-state index contributed by atoms with van der Waals surface area (Å²) in [6.07, 6.45) is 0. The summed E-state index contributed by atoms with van der Waals surface area (Å²) in [5, 5.41) is 0.539. The highest BCUT2D eigenvalue weighted by Gasteiger charge is 2.05. The van der Waals surface area contributed by atoms with Gasteiger partial charge >= 0.3 is 0 Å². The zero-order valence-electron chi connectivity index (χ0n) is 9.61. The van der Waals surface area contributed by atoms with Crippen LogP contribution in [0.15, 0.2) is 42.5 Å². The number of halogens is 1. The van der Waals surface area contributed by atoms with Gasteiger partial charge in [0.05, 0.1) is 10.7 Å². The highest BCUT2D eigenvalue weighted by Crippen LogP contribution is 2.31. The van der Waals surface area contributed by atoms with Crippen LogP contribution in [-0.4, -0.2) is 0 Å². The topological polar surface area (TPSA) is 35.2 Å². The first kappa shape index (κ1) is 11.8. The third-order valence-electron chi connectivity index (χ3n) is 2.46. The minimum absolute atomic E-state index is 0.468. The van der Waals surface area contributed by atoms with E-state index in [1.165, 1.54) is 5.56 Å². The van der Waals surface area contributed by atoms with Gasteiger partial charge in [-0.15, -0.1) is 0 Å². The Bertz CT molecular complexity index is 505. The van der Waals surface area contributed by atoms with Crippen LogP contribution in [0.3, 0.4) is 0 Å². The van der Waals surface area contributed by atoms with Gasteiger partial charge in [0.1, 0.15) is 6.61 Å². The Labute approximate surface area is 106 Å². The second-order valence-electron chi connectivity index (χ2n) is 3.94. The molecule has 0 aliphatic heterocycles. The van der Waals surface area contributed by atoms with E-state index < -0.39 is 0 Å². The lowest BCUT2D eigenvalue weighted by atomic mass is 10.1. The van der Waals surface area contributed by atoms with E-state index >= 15 is 0 Å². The maximum atomic E-state index is 6.02. The normalized spacial score (nSPS) is 10.2. The van der Waals surface area contributed by atoms with E-state index in [1.807, 2.05) is 25.1 Å². The summed E-state index contributed by atoms with van der Waals surface area (Å²) in [7, 11) is 0. The van der Waals surface area contributed by atoms with Crippen molar-refractivity contribution in [3.63, 3.8) is 0 Å². The standard InChI is InChI=1S/C14H14ClNO/c1-10-4-2-5-11(8-10)9-17-14-12(15)6-3-7-13(14)16/h2-8H,9,16H2,1H3. The lowest BCUT2D eigenvalue weighted by molar-refractivity contribution is 0.308. The molecule has 0 amide bonds. The van der Waals surface area contributed by atoms with Gasteiger partial charge in [0.25, 0.3) is 0 Å². The maximum absolute atomic E-state index is 6.02. The molecule has 88 valence electrons. The van der Waals surface area contributed by atoms with Crippen LogP contribution in [0.25, 0.3) is 0 Å². The molecule has 2 rings (SSSR count). The molecule has 0 bridgehead atoms. The van der Waals surface area contributed by atoms with Gasteiger partial charge in [-0.3, -0.25) is 0 Å². The van der Waals surface area contributed by atoms with E-state index in [-0.39, 0.29) is 0 Å². The predicted octanol–water partition coefficient (Wildman–Crippen LogP) is 3.81.